The van der Waals surface area contributed by atoms with Crippen LogP contribution in [0.3, 0.4) is 0 Å². The van der Waals surface area contributed by atoms with E-state index >= 15 is 0 Å². The second-order valence-electron chi connectivity index (χ2n) is 4.54. The molecule has 18 heavy (non-hydrogen) atoms. The van der Waals surface area contributed by atoms with Gasteiger partial charge in [0.15, 0.2) is 0 Å². The lowest BCUT2D eigenvalue weighted by Crippen LogP contribution is -2.08. The lowest BCUT2D eigenvalue weighted by molar-refractivity contribution is 0.0495. The van der Waals surface area contributed by atoms with Crippen LogP contribution in [0.1, 0.15) is 37.0 Å². The summed E-state index contributed by atoms with van der Waals surface area (Å²) in [6.07, 6.45) is 1.84. The van der Waals surface area contributed by atoms with Crippen LogP contribution in [-0.4, -0.2) is 12.6 Å². The first-order valence-electron chi connectivity index (χ1n) is 5.83. The second-order valence-corrected chi connectivity index (χ2v) is 5.32. The lowest BCUT2D eigenvalue weighted by atomic mass is 10.1. The number of hydrogen-bond acceptors (Lipinski definition) is 3. The highest BCUT2D eigenvalue weighted by Gasteiger charge is 2.15. The summed E-state index contributed by atoms with van der Waals surface area (Å²) >= 11 is 11.8. The lowest BCUT2D eigenvalue weighted by Gasteiger charge is -2.09. The maximum Gasteiger partial charge on any atom is 0.339 e. The summed E-state index contributed by atoms with van der Waals surface area (Å²) in [6, 6.07) is 2.97. The molecule has 0 heterocycles. The zero-order chi connectivity index (χ0) is 13.7. The zero-order valence-corrected chi connectivity index (χ0v) is 12.0. The molecule has 2 N–H and O–H groups in total. The Morgan fingerprint density at radius 1 is 1.39 bits per heavy atom. The Morgan fingerprint density at radius 2 is 2.06 bits per heavy atom. The van der Waals surface area contributed by atoms with Gasteiger partial charge in [-0.25, -0.2) is 4.79 Å². The monoisotopic (exact) mass is 289 g/mol. The van der Waals surface area contributed by atoms with Crippen LogP contribution in [0.4, 0.5) is 5.69 Å². The van der Waals surface area contributed by atoms with Crippen LogP contribution >= 0.6 is 23.2 Å². The van der Waals surface area contributed by atoms with Gasteiger partial charge in [-0.15, -0.1) is 0 Å². The number of nitrogen functional groups attached to an aromatic ring is 1. The topological polar surface area (TPSA) is 52.3 Å². The Hall–Kier alpha value is -0.930. The number of ether oxygens (including phenoxy) is 1. The van der Waals surface area contributed by atoms with Gasteiger partial charge in [-0.1, -0.05) is 37.0 Å². The van der Waals surface area contributed by atoms with E-state index in [1.54, 1.807) is 0 Å². The Balaban J connectivity index is 2.62. The molecule has 0 aliphatic heterocycles. The van der Waals surface area contributed by atoms with Crippen molar-refractivity contribution in [2.24, 2.45) is 5.92 Å². The summed E-state index contributed by atoms with van der Waals surface area (Å²) in [5.74, 6) is 0.104. The van der Waals surface area contributed by atoms with Gasteiger partial charge in [0.25, 0.3) is 0 Å². The first kappa shape index (κ1) is 15.1. The van der Waals surface area contributed by atoms with E-state index in [1.807, 2.05) is 0 Å². The standard InChI is InChI=1S/C13H17Cl2NO2/c1-8(2)4-3-5-18-13(17)10-6-9(16)7-11(14)12(10)15/h6-8H,3-5,16H2,1-2H3. The number of carbonyl (C=O) groups excluding carboxylic acids is 1. The van der Waals surface area contributed by atoms with E-state index in [1.165, 1.54) is 12.1 Å². The van der Waals surface area contributed by atoms with Crippen LogP contribution in [0.5, 0.6) is 0 Å². The van der Waals surface area contributed by atoms with E-state index in [9.17, 15) is 4.79 Å². The van der Waals surface area contributed by atoms with Crippen LogP contribution in [0.25, 0.3) is 0 Å². The molecular weight excluding hydrogens is 273 g/mol. The number of esters is 1. The van der Waals surface area contributed by atoms with Gasteiger partial charge >= 0.3 is 5.97 Å². The molecule has 0 amide bonds. The normalized spacial score (nSPS) is 10.7. The first-order valence-corrected chi connectivity index (χ1v) is 6.59. The Bertz CT molecular complexity index is 433. The molecule has 0 saturated carbocycles. The molecule has 100 valence electrons. The molecule has 0 fully saturated rings. The van der Waals surface area contributed by atoms with Crippen molar-refractivity contribution >= 4 is 34.9 Å². The van der Waals surface area contributed by atoms with E-state index in [-0.39, 0.29) is 15.6 Å². The van der Waals surface area contributed by atoms with Gasteiger partial charge in [-0.2, -0.15) is 0 Å². The minimum absolute atomic E-state index is 0.180. The third-order valence-electron chi connectivity index (χ3n) is 2.43. The van der Waals surface area contributed by atoms with Gasteiger partial charge < -0.3 is 10.5 Å². The third kappa shape index (κ3) is 4.39. The Labute approximate surface area is 117 Å². The van der Waals surface area contributed by atoms with Gasteiger partial charge in [0.1, 0.15) is 0 Å². The summed E-state index contributed by atoms with van der Waals surface area (Å²) in [6.45, 7) is 4.62. The highest BCUT2D eigenvalue weighted by atomic mass is 35.5. The van der Waals surface area contributed by atoms with Gasteiger partial charge in [-0.05, 0) is 30.9 Å². The Morgan fingerprint density at radius 3 is 2.67 bits per heavy atom. The number of rotatable bonds is 5. The summed E-state index contributed by atoms with van der Waals surface area (Å²) < 4.78 is 5.13. The number of benzene rings is 1. The van der Waals surface area contributed by atoms with Gasteiger partial charge in [-0.3, -0.25) is 0 Å². The van der Waals surface area contributed by atoms with E-state index in [0.717, 1.165) is 12.8 Å². The van der Waals surface area contributed by atoms with Gasteiger partial charge in [0.2, 0.25) is 0 Å². The maximum atomic E-state index is 11.8. The fourth-order valence-corrected chi connectivity index (χ4v) is 1.91. The summed E-state index contributed by atoms with van der Waals surface area (Å²) in [4.78, 5) is 11.8. The smallest absolute Gasteiger partial charge is 0.339 e. The number of carbonyl (C=O) groups is 1. The molecule has 0 atom stereocenters. The van der Waals surface area contributed by atoms with Crippen molar-refractivity contribution in [2.75, 3.05) is 12.3 Å². The Kier molecular flexibility index (Phi) is 5.76. The second kappa shape index (κ2) is 6.86. The van der Waals surface area contributed by atoms with Crippen molar-refractivity contribution in [3.8, 4) is 0 Å². The highest BCUT2D eigenvalue weighted by Crippen LogP contribution is 2.29. The van der Waals surface area contributed by atoms with Crippen LogP contribution in [-0.2, 0) is 4.74 Å². The molecule has 0 saturated heterocycles. The van der Waals surface area contributed by atoms with Crippen LogP contribution < -0.4 is 5.73 Å². The first-order chi connectivity index (χ1) is 8.41. The molecule has 3 nitrogen and oxygen atoms in total. The van der Waals surface area contributed by atoms with E-state index in [0.29, 0.717) is 18.2 Å². The summed E-state index contributed by atoms with van der Waals surface area (Å²) in [5, 5.41) is 0.436. The molecule has 0 aromatic heterocycles. The molecule has 1 aromatic carbocycles. The molecule has 0 aliphatic carbocycles. The van der Waals surface area contributed by atoms with Gasteiger partial charge in [0.05, 0.1) is 22.2 Å². The van der Waals surface area contributed by atoms with Crippen molar-refractivity contribution in [1.29, 1.82) is 0 Å². The molecule has 0 bridgehead atoms. The van der Waals surface area contributed by atoms with Crippen LogP contribution in [0.2, 0.25) is 10.0 Å². The number of hydrogen-bond donors (Lipinski definition) is 1. The predicted molar refractivity (Wildman–Crippen MR) is 75.2 cm³/mol. The van der Waals surface area contributed by atoms with Crippen molar-refractivity contribution < 1.29 is 9.53 Å². The molecule has 0 unspecified atom stereocenters. The molecule has 0 radical (unpaired) electrons. The molecule has 1 rings (SSSR count). The SMILES string of the molecule is CC(C)CCCOC(=O)c1cc(N)cc(Cl)c1Cl. The van der Waals surface area contributed by atoms with Crippen LogP contribution in [0.15, 0.2) is 12.1 Å². The number of nitrogens with two attached hydrogens (primary N) is 1. The fourth-order valence-electron chi connectivity index (χ4n) is 1.49. The van der Waals surface area contributed by atoms with Crippen LogP contribution in [0, 0.1) is 5.92 Å². The zero-order valence-electron chi connectivity index (χ0n) is 10.5. The molecule has 5 heteroatoms. The minimum atomic E-state index is -0.488. The quantitative estimate of drug-likeness (QED) is 0.503. The average Bonchev–Trinajstić information content (AvgIpc) is 2.28. The summed E-state index contributed by atoms with van der Waals surface area (Å²) in [7, 11) is 0. The van der Waals surface area contributed by atoms with E-state index in [4.69, 9.17) is 33.7 Å². The number of halogens is 2. The highest BCUT2D eigenvalue weighted by molar-refractivity contribution is 6.44. The molecular formula is C13H17Cl2NO2. The predicted octanol–water partition coefficient (Wildman–Crippen LogP) is 4.17. The van der Waals surface area contributed by atoms with E-state index < -0.39 is 5.97 Å². The molecule has 0 spiro atoms. The van der Waals surface area contributed by atoms with Crippen molar-refractivity contribution in [1.82, 2.24) is 0 Å². The average molecular weight is 290 g/mol. The van der Waals surface area contributed by atoms with E-state index in [2.05, 4.69) is 13.8 Å². The van der Waals surface area contributed by atoms with Crippen molar-refractivity contribution in [3.63, 3.8) is 0 Å². The molecule has 0 aliphatic rings. The minimum Gasteiger partial charge on any atom is -0.462 e. The fraction of sp³-hybridized carbons (Fsp3) is 0.462. The summed E-state index contributed by atoms with van der Waals surface area (Å²) in [5.41, 5.74) is 6.21. The third-order valence-corrected chi connectivity index (χ3v) is 3.23. The largest absolute Gasteiger partial charge is 0.462 e. The van der Waals surface area contributed by atoms with Crippen molar-refractivity contribution in [2.45, 2.75) is 26.7 Å². The van der Waals surface area contributed by atoms with Crippen molar-refractivity contribution in [3.05, 3.63) is 27.7 Å². The number of anilines is 1. The maximum absolute atomic E-state index is 11.8. The van der Waals surface area contributed by atoms with Gasteiger partial charge in [0, 0.05) is 5.69 Å². The molecule has 1 aromatic rings.